The quantitative estimate of drug-likeness (QED) is 0.496. The van der Waals surface area contributed by atoms with Crippen LogP contribution in [0.5, 0.6) is 0 Å². The van der Waals surface area contributed by atoms with Gasteiger partial charge in [0.2, 0.25) is 0 Å². The maximum absolute atomic E-state index is 13.8. The molecule has 8 heteroatoms. The molecule has 0 fully saturated rings. The Kier molecular flexibility index (Phi) is 6.68. The second-order valence-electron chi connectivity index (χ2n) is 7.31. The smallest absolute Gasteiger partial charge is 0.416 e. The van der Waals surface area contributed by atoms with Gasteiger partial charge in [0.1, 0.15) is 5.82 Å². The summed E-state index contributed by atoms with van der Waals surface area (Å²) in [6.07, 6.45) is -4.03. The van der Waals surface area contributed by atoms with Gasteiger partial charge >= 0.3 is 12.1 Å². The molecule has 2 aromatic carbocycles. The summed E-state index contributed by atoms with van der Waals surface area (Å²) in [6, 6.07) is 13.6. The van der Waals surface area contributed by atoms with Gasteiger partial charge in [-0.1, -0.05) is 36.4 Å². The molecule has 0 aromatic heterocycles. The van der Waals surface area contributed by atoms with Crippen LogP contribution in [0.25, 0.3) is 0 Å². The highest BCUT2D eigenvalue weighted by Crippen LogP contribution is 2.44. The molecular weight excluding hydrogens is 424 g/mol. The fraction of sp³-hybridized carbons (Fsp3) is 0.250. The molecule has 1 atom stereocenters. The average molecular weight is 444 g/mol. The van der Waals surface area contributed by atoms with Gasteiger partial charge in [0.15, 0.2) is 0 Å². The highest BCUT2D eigenvalue weighted by molar-refractivity contribution is 5.93. The van der Waals surface area contributed by atoms with Gasteiger partial charge in [0.05, 0.1) is 35.8 Å². The molecule has 0 radical (unpaired) electrons. The largest absolute Gasteiger partial charge is 0.466 e. The van der Waals surface area contributed by atoms with Gasteiger partial charge in [-0.05, 0) is 43.0 Å². The highest BCUT2D eigenvalue weighted by Gasteiger charge is 2.41. The molecule has 4 nitrogen and oxygen atoms in total. The molecule has 1 aliphatic heterocycles. The number of methoxy groups -OCH3 is 1. The number of aryl methyl sites for hydroxylation is 1. The van der Waals surface area contributed by atoms with Gasteiger partial charge < -0.3 is 10.1 Å². The van der Waals surface area contributed by atoms with Gasteiger partial charge in [-0.25, -0.2) is 9.18 Å². The average Bonchev–Trinajstić information content (AvgIpc) is 2.76. The van der Waals surface area contributed by atoms with E-state index in [0.29, 0.717) is 24.6 Å². The van der Waals surface area contributed by atoms with Gasteiger partial charge in [-0.2, -0.15) is 18.4 Å². The Morgan fingerprint density at radius 1 is 1.16 bits per heavy atom. The number of alkyl halides is 3. The Balaban J connectivity index is 2.18. The van der Waals surface area contributed by atoms with Crippen molar-refractivity contribution in [1.82, 2.24) is 5.32 Å². The van der Waals surface area contributed by atoms with Crippen molar-refractivity contribution in [2.45, 2.75) is 31.9 Å². The molecule has 0 spiro atoms. The monoisotopic (exact) mass is 444 g/mol. The zero-order valence-corrected chi connectivity index (χ0v) is 17.4. The molecule has 1 aliphatic rings. The number of nitrogens with zero attached hydrogens (tertiary/aromatic N) is 1. The number of hydrogen-bond donors (Lipinski definition) is 1. The first-order valence-electron chi connectivity index (χ1n) is 9.77. The minimum atomic E-state index is -4.89. The minimum absolute atomic E-state index is 0.0379. The zero-order chi connectivity index (χ0) is 23.5. The molecule has 0 amide bonds. The van der Waals surface area contributed by atoms with Crippen LogP contribution in [0.1, 0.15) is 36.0 Å². The van der Waals surface area contributed by atoms with Gasteiger partial charge in [-0.15, -0.1) is 0 Å². The lowest BCUT2D eigenvalue weighted by atomic mass is 9.78. The number of carbonyl (C=O) groups is 1. The lowest BCUT2D eigenvalue weighted by Gasteiger charge is -2.31. The van der Waals surface area contributed by atoms with E-state index in [1.807, 2.05) is 36.4 Å². The fourth-order valence-electron chi connectivity index (χ4n) is 3.86. The van der Waals surface area contributed by atoms with E-state index in [-0.39, 0.29) is 22.4 Å². The number of nitriles is 1. The Morgan fingerprint density at radius 3 is 2.44 bits per heavy atom. The van der Waals surface area contributed by atoms with Crippen molar-refractivity contribution in [1.29, 1.82) is 5.26 Å². The Bertz CT molecular complexity index is 1130. The van der Waals surface area contributed by atoms with Crippen LogP contribution in [0.15, 0.2) is 71.1 Å². The van der Waals surface area contributed by atoms with Crippen molar-refractivity contribution < 1.29 is 27.1 Å². The second kappa shape index (κ2) is 9.27. The first kappa shape index (κ1) is 23.1. The fourth-order valence-corrected chi connectivity index (χ4v) is 3.86. The van der Waals surface area contributed by atoms with E-state index in [2.05, 4.69) is 5.32 Å². The second-order valence-corrected chi connectivity index (χ2v) is 7.31. The van der Waals surface area contributed by atoms with Crippen molar-refractivity contribution in [3.8, 4) is 6.07 Å². The number of esters is 1. The van der Waals surface area contributed by atoms with Gasteiger partial charge in [-0.3, -0.25) is 0 Å². The van der Waals surface area contributed by atoms with Crippen LogP contribution >= 0.6 is 0 Å². The maximum atomic E-state index is 13.8. The van der Waals surface area contributed by atoms with Crippen LogP contribution in [0.2, 0.25) is 0 Å². The standard InChI is InChI=1S/C24H20F4N2O2/c1-14-21(23(31)32-2)22(17-10-9-16(25)12-19(17)24(26,27)28)18(13-29)20(30-14)11-8-15-6-4-3-5-7-15/h3-7,9-10,12,22,30H,8,11H2,1-2H3. The number of rotatable bonds is 5. The summed E-state index contributed by atoms with van der Waals surface area (Å²) in [5.74, 6) is -3.29. The highest BCUT2D eigenvalue weighted by atomic mass is 19.4. The number of ether oxygens (including phenoxy) is 1. The molecule has 0 aliphatic carbocycles. The van der Waals surface area contributed by atoms with Crippen LogP contribution < -0.4 is 5.32 Å². The summed E-state index contributed by atoms with van der Waals surface area (Å²) in [7, 11) is 1.11. The van der Waals surface area contributed by atoms with Crippen molar-refractivity contribution in [2.75, 3.05) is 7.11 Å². The van der Waals surface area contributed by atoms with E-state index in [1.165, 1.54) is 6.92 Å². The third-order valence-corrected chi connectivity index (χ3v) is 5.31. The van der Waals surface area contributed by atoms with Crippen LogP contribution in [0, 0.1) is 17.1 Å². The van der Waals surface area contributed by atoms with E-state index in [0.717, 1.165) is 24.8 Å². The molecule has 166 valence electrons. The zero-order valence-electron chi connectivity index (χ0n) is 17.4. The van der Waals surface area contributed by atoms with Crippen molar-refractivity contribution in [3.05, 3.63) is 93.6 Å². The molecule has 3 rings (SSSR count). The van der Waals surface area contributed by atoms with E-state index >= 15 is 0 Å². The van der Waals surface area contributed by atoms with Crippen LogP contribution in [0.4, 0.5) is 17.6 Å². The molecule has 0 saturated carbocycles. The molecule has 1 N–H and O–H groups in total. The molecular formula is C24H20F4N2O2. The molecule has 1 heterocycles. The predicted octanol–water partition coefficient (Wildman–Crippen LogP) is 5.39. The normalized spacial score (nSPS) is 16.5. The Labute approximate surface area is 182 Å². The summed E-state index contributed by atoms with van der Waals surface area (Å²) in [6.45, 7) is 1.53. The number of dihydropyridines is 1. The van der Waals surface area contributed by atoms with Crippen molar-refractivity contribution in [3.63, 3.8) is 0 Å². The number of nitrogens with one attached hydrogen (secondary N) is 1. The topological polar surface area (TPSA) is 62.1 Å². The van der Waals surface area contributed by atoms with Crippen molar-refractivity contribution >= 4 is 5.97 Å². The van der Waals surface area contributed by atoms with Crippen LogP contribution in [0.3, 0.4) is 0 Å². The van der Waals surface area contributed by atoms with E-state index in [1.54, 1.807) is 0 Å². The summed E-state index contributed by atoms with van der Waals surface area (Å²) >= 11 is 0. The third-order valence-electron chi connectivity index (χ3n) is 5.31. The lowest BCUT2D eigenvalue weighted by molar-refractivity contribution is -0.139. The summed E-state index contributed by atoms with van der Waals surface area (Å²) < 4.78 is 59.8. The lowest BCUT2D eigenvalue weighted by Crippen LogP contribution is -2.30. The maximum Gasteiger partial charge on any atom is 0.416 e. The molecule has 0 bridgehead atoms. The number of carbonyl (C=O) groups excluding carboxylic acids is 1. The Morgan fingerprint density at radius 2 is 1.84 bits per heavy atom. The first-order valence-corrected chi connectivity index (χ1v) is 9.77. The summed E-state index contributed by atoms with van der Waals surface area (Å²) in [5.41, 5.74) is -0.115. The molecule has 32 heavy (non-hydrogen) atoms. The van der Waals surface area contributed by atoms with E-state index in [4.69, 9.17) is 4.74 Å². The minimum Gasteiger partial charge on any atom is -0.466 e. The summed E-state index contributed by atoms with van der Waals surface area (Å²) in [5, 5.41) is 12.9. The first-order chi connectivity index (χ1) is 15.2. The number of allylic oxidation sites excluding steroid dienone is 3. The number of hydrogen-bond acceptors (Lipinski definition) is 4. The van der Waals surface area contributed by atoms with Gasteiger partial charge in [0.25, 0.3) is 0 Å². The molecule has 2 aromatic rings. The molecule has 1 unspecified atom stereocenters. The summed E-state index contributed by atoms with van der Waals surface area (Å²) in [4.78, 5) is 12.5. The SMILES string of the molecule is COC(=O)C1=C(C)NC(CCc2ccccc2)=C(C#N)C1c1ccc(F)cc1C(F)(F)F. The third kappa shape index (κ3) is 4.67. The predicted molar refractivity (Wildman–Crippen MR) is 109 cm³/mol. The van der Waals surface area contributed by atoms with E-state index < -0.39 is 29.4 Å². The van der Waals surface area contributed by atoms with Crippen LogP contribution in [-0.2, 0) is 22.1 Å². The van der Waals surface area contributed by atoms with Crippen LogP contribution in [-0.4, -0.2) is 13.1 Å². The number of benzene rings is 2. The molecule has 0 saturated heterocycles. The number of halogens is 4. The Hall–Kier alpha value is -3.60. The van der Waals surface area contributed by atoms with Crippen molar-refractivity contribution in [2.24, 2.45) is 0 Å². The van der Waals surface area contributed by atoms with E-state index in [9.17, 15) is 27.6 Å². The van der Waals surface area contributed by atoms with Gasteiger partial charge in [0, 0.05) is 11.4 Å².